The van der Waals surface area contributed by atoms with Gasteiger partial charge in [-0.25, -0.2) is 0 Å². The number of hydrogen-bond acceptors (Lipinski definition) is 1. The highest BCUT2D eigenvalue weighted by atomic mass is 35.5. The number of rotatable bonds is 3. The van der Waals surface area contributed by atoms with Crippen molar-refractivity contribution in [2.75, 3.05) is 6.61 Å². The van der Waals surface area contributed by atoms with Gasteiger partial charge in [0.2, 0.25) is 0 Å². The standard InChI is InChI=1S/C10H8ClF3O/c11-9-3-1-2-8(6-9)4-5-15-7-10(12,13)14/h1-6H,7H2/b5-4+. The zero-order chi connectivity index (χ0) is 11.3. The van der Waals surface area contributed by atoms with Crippen LogP contribution in [0.1, 0.15) is 5.56 Å². The van der Waals surface area contributed by atoms with Crippen LogP contribution in [0.5, 0.6) is 0 Å². The van der Waals surface area contributed by atoms with Crippen LogP contribution in [0.2, 0.25) is 5.02 Å². The molecule has 0 N–H and O–H groups in total. The first-order chi connectivity index (χ1) is 6.97. The van der Waals surface area contributed by atoms with Crippen LogP contribution < -0.4 is 0 Å². The Morgan fingerprint density at radius 3 is 2.67 bits per heavy atom. The second kappa shape index (κ2) is 5.07. The molecule has 0 saturated heterocycles. The first kappa shape index (κ1) is 11.9. The number of hydrogen-bond donors (Lipinski definition) is 0. The van der Waals surface area contributed by atoms with Crippen molar-refractivity contribution in [3.63, 3.8) is 0 Å². The van der Waals surface area contributed by atoms with Gasteiger partial charge >= 0.3 is 6.18 Å². The molecule has 0 amide bonds. The quantitative estimate of drug-likeness (QED) is 0.724. The summed E-state index contributed by atoms with van der Waals surface area (Å²) in [5.74, 6) is 0. The summed E-state index contributed by atoms with van der Waals surface area (Å²) in [5.41, 5.74) is 0.685. The maximum atomic E-state index is 11.7. The molecule has 0 radical (unpaired) electrons. The van der Waals surface area contributed by atoms with Crippen molar-refractivity contribution >= 4 is 17.7 Å². The molecule has 1 nitrogen and oxygen atoms in total. The molecule has 0 saturated carbocycles. The Bertz CT molecular complexity index is 347. The van der Waals surface area contributed by atoms with Gasteiger partial charge in [0, 0.05) is 5.02 Å². The second-order valence-electron chi connectivity index (χ2n) is 2.78. The smallest absolute Gasteiger partial charge is 0.422 e. The molecule has 15 heavy (non-hydrogen) atoms. The average molecular weight is 237 g/mol. The normalized spacial score (nSPS) is 12.0. The molecule has 82 valence electrons. The highest BCUT2D eigenvalue weighted by Crippen LogP contribution is 2.15. The molecular weight excluding hydrogens is 229 g/mol. The van der Waals surface area contributed by atoms with E-state index in [9.17, 15) is 13.2 Å². The molecule has 1 aromatic rings. The van der Waals surface area contributed by atoms with Gasteiger partial charge in [-0.1, -0.05) is 23.7 Å². The molecule has 1 aromatic carbocycles. The van der Waals surface area contributed by atoms with Crippen LogP contribution in [0.4, 0.5) is 13.2 Å². The second-order valence-corrected chi connectivity index (χ2v) is 3.22. The van der Waals surface area contributed by atoms with Crippen LogP contribution in [-0.2, 0) is 4.74 Å². The van der Waals surface area contributed by atoms with E-state index in [1.807, 2.05) is 0 Å². The Hall–Kier alpha value is -1.16. The summed E-state index contributed by atoms with van der Waals surface area (Å²) in [6, 6.07) is 6.70. The Morgan fingerprint density at radius 2 is 2.07 bits per heavy atom. The predicted octanol–water partition coefficient (Wildman–Crippen LogP) is 3.89. The average Bonchev–Trinajstić information content (AvgIpc) is 2.11. The molecule has 0 unspecified atom stereocenters. The summed E-state index contributed by atoms with van der Waals surface area (Å²) in [6.07, 6.45) is -1.89. The summed E-state index contributed by atoms with van der Waals surface area (Å²) >= 11 is 5.68. The van der Waals surface area contributed by atoms with E-state index in [4.69, 9.17) is 11.6 Å². The highest BCUT2D eigenvalue weighted by molar-refractivity contribution is 6.30. The third-order valence-electron chi connectivity index (χ3n) is 1.45. The van der Waals surface area contributed by atoms with Crippen LogP contribution >= 0.6 is 11.6 Å². The molecule has 0 aliphatic carbocycles. The largest absolute Gasteiger partial charge is 0.492 e. The number of halogens is 4. The molecule has 0 bridgehead atoms. The van der Waals surface area contributed by atoms with Crippen molar-refractivity contribution in [3.05, 3.63) is 41.1 Å². The molecule has 0 aliphatic rings. The number of ether oxygens (including phenoxy) is 1. The van der Waals surface area contributed by atoms with E-state index in [1.165, 1.54) is 6.08 Å². The van der Waals surface area contributed by atoms with Crippen molar-refractivity contribution in [2.24, 2.45) is 0 Å². The SMILES string of the molecule is FC(F)(F)CO/C=C/c1cccc(Cl)c1. The fraction of sp³-hybridized carbons (Fsp3) is 0.200. The topological polar surface area (TPSA) is 9.23 Å². The van der Waals surface area contributed by atoms with Crippen molar-refractivity contribution < 1.29 is 17.9 Å². The van der Waals surface area contributed by atoms with Crippen LogP contribution in [0.3, 0.4) is 0 Å². The summed E-state index contributed by atoms with van der Waals surface area (Å²) in [6.45, 7) is -1.29. The summed E-state index contributed by atoms with van der Waals surface area (Å²) in [7, 11) is 0. The van der Waals surface area contributed by atoms with Gasteiger partial charge in [0.25, 0.3) is 0 Å². The maximum Gasteiger partial charge on any atom is 0.422 e. The van der Waals surface area contributed by atoms with E-state index in [0.717, 1.165) is 6.26 Å². The lowest BCUT2D eigenvalue weighted by molar-refractivity contribution is -0.161. The fourth-order valence-electron chi connectivity index (χ4n) is 0.880. The van der Waals surface area contributed by atoms with Crippen LogP contribution in [-0.4, -0.2) is 12.8 Å². The molecule has 0 aromatic heterocycles. The van der Waals surface area contributed by atoms with Gasteiger partial charge in [-0.15, -0.1) is 0 Å². The summed E-state index contributed by atoms with van der Waals surface area (Å²) < 4.78 is 39.3. The minimum Gasteiger partial charge on any atom is -0.492 e. The van der Waals surface area contributed by atoms with Gasteiger partial charge in [0.05, 0.1) is 6.26 Å². The fourth-order valence-corrected chi connectivity index (χ4v) is 1.08. The molecule has 0 aliphatic heterocycles. The lowest BCUT2D eigenvalue weighted by atomic mass is 10.2. The van der Waals surface area contributed by atoms with Crippen molar-refractivity contribution in [3.8, 4) is 0 Å². The first-order valence-corrected chi connectivity index (χ1v) is 4.46. The molecule has 0 heterocycles. The lowest BCUT2D eigenvalue weighted by Crippen LogP contribution is -2.14. The van der Waals surface area contributed by atoms with E-state index >= 15 is 0 Å². The van der Waals surface area contributed by atoms with Crippen LogP contribution in [0, 0.1) is 0 Å². The zero-order valence-electron chi connectivity index (χ0n) is 7.59. The summed E-state index contributed by atoms with van der Waals surface area (Å²) in [4.78, 5) is 0. The van der Waals surface area contributed by atoms with Gasteiger partial charge in [-0.2, -0.15) is 13.2 Å². The lowest BCUT2D eigenvalue weighted by Gasteiger charge is -2.04. The van der Waals surface area contributed by atoms with Gasteiger partial charge in [0.1, 0.15) is 0 Å². The molecular formula is C10H8ClF3O. The zero-order valence-corrected chi connectivity index (χ0v) is 8.35. The van der Waals surface area contributed by atoms with Gasteiger partial charge in [0.15, 0.2) is 6.61 Å². The van der Waals surface area contributed by atoms with Crippen LogP contribution in [0.15, 0.2) is 30.5 Å². The molecule has 0 fully saturated rings. The maximum absolute atomic E-state index is 11.7. The monoisotopic (exact) mass is 236 g/mol. The first-order valence-electron chi connectivity index (χ1n) is 4.08. The van der Waals surface area contributed by atoms with E-state index in [1.54, 1.807) is 24.3 Å². The van der Waals surface area contributed by atoms with Crippen LogP contribution in [0.25, 0.3) is 6.08 Å². The van der Waals surface area contributed by atoms with Gasteiger partial charge < -0.3 is 4.74 Å². The van der Waals surface area contributed by atoms with Crippen molar-refractivity contribution in [2.45, 2.75) is 6.18 Å². The third-order valence-corrected chi connectivity index (χ3v) is 1.69. The number of alkyl halides is 3. The molecule has 5 heteroatoms. The molecule has 0 spiro atoms. The Kier molecular flexibility index (Phi) is 4.03. The Balaban J connectivity index is 2.45. The minimum atomic E-state index is -4.31. The predicted molar refractivity (Wildman–Crippen MR) is 52.5 cm³/mol. The highest BCUT2D eigenvalue weighted by Gasteiger charge is 2.27. The van der Waals surface area contributed by atoms with E-state index < -0.39 is 12.8 Å². The minimum absolute atomic E-state index is 0.521. The Morgan fingerprint density at radius 1 is 1.33 bits per heavy atom. The van der Waals surface area contributed by atoms with E-state index in [-0.39, 0.29) is 0 Å². The van der Waals surface area contributed by atoms with E-state index in [0.29, 0.717) is 10.6 Å². The number of benzene rings is 1. The molecule has 1 rings (SSSR count). The van der Waals surface area contributed by atoms with Gasteiger partial charge in [-0.05, 0) is 23.8 Å². The van der Waals surface area contributed by atoms with Crippen molar-refractivity contribution in [1.29, 1.82) is 0 Å². The molecule has 0 atom stereocenters. The van der Waals surface area contributed by atoms with Crippen molar-refractivity contribution in [1.82, 2.24) is 0 Å². The third kappa shape index (κ3) is 5.32. The van der Waals surface area contributed by atoms with Gasteiger partial charge in [-0.3, -0.25) is 0 Å². The Labute approximate surface area is 90.1 Å². The van der Waals surface area contributed by atoms with E-state index in [2.05, 4.69) is 4.74 Å². The summed E-state index contributed by atoms with van der Waals surface area (Å²) in [5, 5.41) is 0.521.